The first kappa shape index (κ1) is 13.5. The van der Waals surface area contributed by atoms with Crippen LogP contribution in [0.15, 0.2) is 29.4 Å². The highest BCUT2D eigenvalue weighted by molar-refractivity contribution is 7.89. The fourth-order valence-corrected chi connectivity index (χ4v) is 2.20. The molecule has 0 unspecified atom stereocenters. The highest BCUT2D eigenvalue weighted by atomic mass is 32.2. The van der Waals surface area contributed by atoms with Gasteiger partial charge in [-0.1, -0.05) is 19.1 Å². The molecule has 0 radical (unpaired) electrons. The summed E-state index contributed by atoms with van der Waals surface area (Å²) in [6.07, 6.45) is 0.528. The van der Waals surface area contributed by atoms with Gasteiger partial charge >= 0.3 is 0 Å². The van der Waals surface area contributed by atoms with Crippen molar-refractivity contribution < 1.29 is 13.5 Å². The summed E-state index contributed by atoms with van der Waals surface area (Å²) in [6.45, 7) is 3.41. The second kappa shape index (κ2) is 5.67. The summed E-state index contributed by atoms with van der Waals surface area (Å²) < 4.78 is 22.7. The third-order valence-electron chi connectivity index (χ3n) is 2.12. The van der Waals surface area contributed by atoms with Crippen LogP contribution in [0.5, 0.6) is 5.75 Å². The molecule has 94 valence electrons. The minimum atomic E-state index is -3.37. The smallest absolute Gasteiger partial charge is 0.247 e. The molecule has 0 bridgehead atoms. The van der Waals surface area contributed by atoms with Gasteiger partial charge in [0.2, 0.25) is 10.0 Å². The van der Waals surface area contributed by atoms with E-state index in [0.717, 1.165) is 0 Å². The van der Waals surface area contributed by atoms with Crippen molar-refractivity contribution in [1.82, 2.24) is 4.83 Å². The van der Waals surface area contributed by atoms with Gasteiger partial charge < -0.3 is 5.11 Å². The maximum atomic E-state index is 11.4. The minimum absolute atomic E-state index is 0.0323. The molecule has 0 aliphatic carbocycles. The van der Waals surface area contributed by atoms with Crippen LogP contribution in [0.25, 0.3) is 0 Å². The summed E-state index contributed by atoms with van der Waals surface area (Å²) >= 11 is 0. The van der Waals surface area contributed by atoms with Gasteiger partial charge in [-0.05, 0) is 25.5 Å². The summed E-state index contributed by atoms with van der Waals surface area (Å²) in [5, 5.41) is 13.3. The predicted octanol–water partition coefficient (Wildman–Crippen LogP) is 1.45. The maximum absolute atomic E-state index is 11.4. The Hall–Kier alpha value is -1.56. The molecule has 1 aromatic rings. The van der Waals surface area contributed by atoms with E-state index in [1.54, 1.807) is 32.0 Å². The molecule has 0 heterocycles. The van der Waals surface area contributed by atoms with E-state index < -0.39 is 10.0 Å². The number of rotatable bonds is 5. The van der Waals surface area contributed by atoms with Crippen molar-refractivity contribution in [2.45, 2.75) is 20.3 Å². The second-order valence-electron chi connectivity index (χ2n) is 3.62. The van der Waals surface area contributed by atoms with Crippen molar-refractivity contribution in [1.29, 1.82) is 0 Å². The standard InChI is InChI=1S/C11H16N2O3S/c1-3-8-17(15,16)13-12-9(2)10-6-4-5-7-11(10)14/h4-7,13-14H,3,8H2,1-2H3/b12-9+. The zero-order valence-corrected chi connectivity index (χ0v) is 10.7. The van der Waals surface area contributed by atoms with Gasteiger partial charge in [-0.3, -0.25) is 0 Å². The van der Waals surface area contributed by atoms with Crippen molar-refractivity contribution in [2.24, 2.45) is 5.10 Å². The van der Waals surface area contributed by atoms with E-state index in [-0.39, 0.29) is 11.5 Å². The lowest BCUT2D eigenvalue weighted by Gasteiger charge is -2.05. The molecule has 1 aromatic carbocycles. The predicted molar refractivity (Wildman–Crippen MR) is 67.5 cm³/mol. The summed E-state index contributed by atoms with van der Waals surface area (Å²) in [6, 6.07) is 6.62. The molecule has 1 rings (SSSR count). The van der Waals surface area contributed by atoms with Crippen molar-refractivity contribution >= 4 is 15.7 Å². The third kappa shape index (κ3) is 4.07. The number of benzene rings is 1. The Balaban J connectivity index is 2.85. The van der Waals surface area contributed by atoms with Crippen LogP contribution in [0.4, 0.5) is 0 Å². The number of aromatic hydroxyl groups is 1. The molecule has 0 atom stereocenters. The van der Waals surface area contributed by atoms with Crippen LogP contribution in [-0.2, 0) is 10.0 Å². The van der Waals surface area contributed by atoms with E-state index in [2.05, 4.69) is 9.93 Å². The number of hydrogen-bond donors (Lipinski definition) is 2. The summed E-state index contributed by atoms with van der Waals surface area (Å²) in [5.41, 5.74) is 0.925. The molecule has 0 amide bonds. The van der Waals surface area contributed by atoms with E-state index in [4.69, 9.17) is 0 Å². The fraction of sp³-hybridized carbons (Fsp3) is 0.364. The van der Waals surface area contributed by atoms with Crippen LogP contribution in [0.2, 0.25) is 0 Å². The highest BCUT2D eigenvalue weighted by Crippen LogP contribution is 2.16. The Morgan fingerprint density at radius 1 is 1.41 bits per heavy atom. The number of nitrogens with zero attached hydrogens (tertiary/aromatic N) is 1. The molecule has 0 spiro atoms. The van der Waals surface area contributed by atoms with Gasteiger partial charge in [0, 0.05) is 5.56 Å². The first-order valence-electron chi connectivity index (χ1n) is 5.28. The van der Waals surface area contributed by atoms with Crippen molar-refractivity contribution in [3.05, 3.63) is 29.8 Å². The van der Waals surface area contributed by atoms with E-state index in [1.165, 1.54) is 6.07 Å². The topological polar surface area (TPSA) is 78.8 Å². The zero-order chi connectivity index (χ0) is 12.9. The van der Waals surface area contributed by atoms with Gasteiger partial charge in [0.15, 0.2) is 0 Å². The van der Waals surface area contributed by atoms with Crippen LogP contribution >= 0.6 is 0 Å². The van der Waals surface area contributed by atoms with Gasteiger partial charge in [-0.2, -0.15) is 5.10 Å². The van der Waals surface area contributed by atoms with Crippen LogP contribution < -0.4 is 4.83 Å². The monoisotopic (exact) mass is 256 g/mol. The summed E-state index contributed by atoms with van der Waals surface area (Å²) in [4.78, 5) is 2.13. The lowest BCUT2D eigenvalue weighted by molar-refractivity contribution is 0.474. The summed E-state index contributed by atoms with van der Waals surface area (Å²) in [5.74, 6) is 0.105. The molecule has 0 aliphatic heterocycles. The second-order valence-corrected chi connectivity index (χ2v) is 5.44. The van der Waals surface area contributed by atoms with Crippen LogP contribution in [0, 0.1) is 0 Å². The zero-order valence-electron chi connectivity index (χ0n) is 9.84. The number of sulfonamides is 1. The maximum Gasteiger partial charge on any atom is 0.247 e. The average Bonchev–Trinajstić information content (AvgIpc) is 2.27. The Labute approximate surface area is 101 Å². The molecule has 0 fully saturated rings. The highest BCUT2D eigenvalue weighted by Gasteiger charge is 2.08. The SMILES string of the molecule is CCCS(=O)(=O)N/N=C(\C)c1ccccc1O. The molecule has 0 aliphatic rings. The van der Waals surface area contributed by atoms with E-state index >= 15 is 0 Å². The van der Waals surface area contributed by atoms with Gasteiger partial charge in [-0.15, -0.1) is 0 Å². The first-order chi connectivity index (χ1) is 7.96. The number of hydrogen-bond acceptors (Lipinski definition) is 4. The molecule has 0 saturated heterocycles. The van der Waals surface area contributed by atoms with Crippen LogP contribution in [-0.4, -0.2) is 25.0 Å². The van der Waals surface area contributed by atoms with Gasteiger partial charge in [0.05, 0.1) is 11.5 Å². The number of nitrogens with one attached hydrogen (secondary N) is 1. The Bertz CT molecular complexity index is 509. The van der Waals surface area contributed by atoms with Gasteiger partial charge in [0.25, 0.3) is 0 Å². The van der Waals surface area contributed by atoms with E-state index in [0.29, 0.717) is 17.7 Å². The quantitative estimate of drug-likeness (QED) is 0.618. The lowest BCUT2D eigenvalue weighted by atomic mass is 10.1. The molecule has 17 heavy (non-hydrogen) atoms. The molecule has 0 aromatic heterocycles. The van der Waals surface area contributed by atoms with Crippen molar-refractivity contribution in [2.75, 3.05) is 5.75 Å². The molecule has 2 N–H and O–H groups in total. The Kier molecular flexibility index (Phi) is 4.51. The molecule has 6 heteroatoms. The first-order valence-corrected chi connectivity index (χ1v) is 6.93. The number of para-hydroxylation sites is 1. The summed E-state index contributed by atoms with van der Waals surface area (Å²) in [7, 11) is -3.37. The number of hydrazone groups is 1. The van der Waals surface area contributed by atoms with Crippen LogP contribution in [0.3, 0.4) is 0 Å². The van der Waals surface area contributed by atoms with Gasteiger partial charge in [-0.25, -0.2) is 13.2 Å². The number of phenolic OH excluding ortho intramolecular Hbond substituents is 1. The van der Waals surface area contributed by atoms with Crippen molar-refractivity contribution in [3.63, 3.8) is 0 Å². The third-order valence-corrected chi connectivity index (χ3v) is 3.43. The molecular weight excluding hydrogens is 240 g/mol. The largest absolute Gasteiger partial charge is 0.507 e. The van der Waals surface area contributed by atoms with Gasteiger partial charge in [0.1, 0.15) is 5.75 Å². The normalized spacial score (nSPS) is 12.5. The lowest BCUT2D eigenvalue weighted by Crippen LogP contribution is -2.22. The molecule has 0 saturated carbocycles. The average molecular weight is 256 g/mol. The van der Waals surface area contributed by atoms with E-state index in [1.807, 2.05) is 0 Å². The molecular formula is C11H16N2O3S. The minimum Gasteiger partial charge on any atom is -0.507 e. The Morgan fingerprint density at radius 2 is 2.06 bits per heavy atom. The van der Waals surface area contributed by atoms with Crippen molar-refractivity contribution in [3.8, 4) is 5.75 Å². The van der Waals surface area contributed by atoms with E-state index in [9.17, 15) is 13.5 Å². The Morgan fingerprint density at radius 3 is 2.65 bits per heavy atom. The number of phenols is 1. The van der Waals surface area contributed by atoms with Crippen LogP contribution in [0.1, 0.15) is 25.8 Å². The fourth-order valence-electron chi connectivity index (χ4n) is 1.29. The molecule has 5 nitrogen and oxygen atoms in total.